The van der Waals surface area contributed by atoms with E-state index in [-0.39, 0.29) is 12.6 Å². The molecule has 0 rings (SSSR count). The smallest absolute Gasteiger partial charge is 0.169 e. The Kier molecular flexibility index (Phi) is 13.7. The van der Waals surface area contributed by atoms with Gasteiger partial charge in [0.15, 0.2) is 12.6 Å². The fraction of sp³-hybridized carbons (Fsp3) is 0.929. The molecule has 0 atom stereocenters. The minimum absolute atomic E-state index is 0.354. The molecule has 2 N–H and O–H groups in total. The first-order chi connectivity index (χ1) is 10.2. The van der Waals surface area contributed by atoms with Gasteiger partial charge in [0.1, 0.15) is 6.17 Å². The van der Waals surface area contributed by atoms with Gasteiger partial charge in [-0.2, -0.15) is 5.26 Å². The van der Waals surface area contributed by atoms with Gasteiger partial charge in [0, 0.05) is 39.5 Å². The molecule has 0 heterocycles. The lowest BCUT2D eigenvalue weighted by molar-refractivity contribution is -0.137. The predicted octanol–water partition coefficient (Wildman–Crippen LogP) is 0.813. The lowest BCUT2D eigenvalue weighted by atomic mass is 10.4. The van der Waals surface area contributed by atoms with E-state index in [9.17, 15) is 0 Å². The van der Waals surface area contributed by atoms with Crippen molar-refractivity contribution in [1.82, 2.24) is 10.6 Å². The molecule has 0 aliphatic carbocycles. The van der Waals surface area contributed by atoms with Crippen LogP contribution in [0, 0.1) is 11.3 Å². The first-order valence-corrected chi connectivity index (χ1v) is 7.54. The van der Waals surface area contributed by atoms with Gasteiger partial charge < -0.3 is 18.9 Å². The number of hydrogen-bond donors (Lipinski definition) is 2. The van der Waals surface area contributed by atoms with Crippen LogP contribution in [0.25, 0.3) is 0 Å². The second-order valence-electron chi connectivity index (χ2n) is 4.06. The summed E-state index contributed by atoms with van der Waals surface area (Å²) in [5.41, 5.74) is 0. The van der Waals surface area contributed by atoms with Gasteiger partial charge in [-0.25, -0.2) is 0 Å². The van der Waals surface area contributed by atoms with Crippen molar-refractivity contribution in [2.24, 2.45) is 0 Å². The highest BCUT2D eigenvalue weighted by Gasteiger charge is 2.14. The molecule has 0 spiro atoms. The van der Waals surface area contributed by atoms with Crippen molar-refractivity contribution >= 4 is 0 Å². The van der Waals surface area contributed by atoms with Crippen molar-refractivity contribution in [3.05, 3.63) is 0 Å². The summed E-state index contributed by atoms with van der Waals surface area (Å²) in [5, 5.41) is 15.2. The quantitative estimate of drug-likeness (QED) is 0.459. The van der Waals surface area contributed by atoms with E-state index in [0.717, 1.165) is 0 Å². The molecule has 0 radical (unpaired) electrons. The number of rotatable bonds is 14. The molecule has 0 aromatic carbocycles. The Labute approximate surface area is 127 Å². The zero-order chi connectivity index (χ0) is 15.9. The van der Waals surface area contributed by atoms with E-state index < -0.39 is 6.17 Å². The molecule has 0 unspecified atom stereocenters. The molecular weight excluding hydrogens is 274 g/mol. The van der Waals surface area contributed by atoms with E-state index in [4.69, 9.17) is 24.2 Å². The third-order valence-electron chi connectivity index (χ3n) is 2.52. The van der Waals surface area contributed by atoms with E-state index in [1.54, 1.807) is 0 Å². The van der Waals surface area contributed by atoms with Crippen LogP contribution in [0.3, 0.4) is 0 Å². The number of ether oxygens (including phenoxy) is 4. The van der Waals surface area contributed by atoms with Gasteiger partial charge in [-0.3, -0.25) is 10.6 Å². The molecule has 124 valence electrons. The summed E-state index contributed by atoms with van der Waals surface area (Å²) in [5.74, 6) is 0. The Morgan fingerprint density at radius 2 is 1.10 bits per heavy atom. The highest BCUT2D eigenvalue weighted by atomic mass is 16.7. The number of nitrogens with zero attached hydrogens (tertiary/aromatic N) is 1. The molecule has 0 bridgehead atoms. The maximum absolute atomic E-state index is 9.13. The summed E-state index contributed by atoms with van der Waals surface area (Å²) >= 11 is 0. The summed E-state index contributed by atoms with van der Waals surface area (Å²) in [7, 11) is 0. The molecule has 7 heteroatoms. The fourth-order valence-corrected chi connectivity index (χ4v) is 1.67. The molecule has 0 aromatic rings. The van der Waals surface area contributed by atoms with Gasteiger partial charge in [-0.1, -0.05) is 0 Å². The Morgan fingerprint density at radius 3 is 1.33 bits per heavy atom. The van der Waals surface area contributed by atoms with Crippen molar-refractivity contribution in [2.45, 2.75) is 46.4 Å². The molecule has 0 aromatic heterocycles. The zero-order valence-electron chi connectivity index (χ0n) is 13.6. The van der Waals surface area contributed by atoms with Crippen LogP contribution in [0.5, 0.6) is 0 Å². The molecular formula is C14H29N3O4. The normalized spacial score (nSPS) is 11.5. The van der Waals surface area contributed by atoms with Crippen LogP contribution in [-0.2, 0) is 18.9 Å². The van der Waals surface area contributed by atoms with E-state index >= 15 is 0 Å². The SMILES string of the molecule is CCOC(CNC(C#N)NCC(OCC)OCC)OCC. The second-order valence-corrected chi connectivity index (χ2v) is 4.06. The van der Waals surface area contributed by atoms with E-state index in [1.165, 1.54) is 0 Å². The van der Waals surface area contributed by atoms with Crippen LogP contribution in [0.15, 0.2) is 0 Å². The maximum Gasteiger partial charge on any atom is 0.169 e. The number of nitrogens with one attached hydrogen (secondary N) is 2. The zero-order valence-corrected chi connectivity index (χ0v) is 13.6. The molecule has 0 aliphatic heterocycles. The van der Waals surface area contributed by atoms with Crippen LogP contribution in [0.4, 0.5) is 0 Å². The van der Waals surface area contributed by atoms with Crippen molar-refractivity contribution in [2.75, 3.05) is 39.5 Å². The lowest BCUT2D eigenvalue weighted by Crippen LogP contribution is -2.48. The second kappa shape index (κ2) is 14.2. The van der Waals surface area contributed by atoms with Crippen molar-refractivity contribution in [3.63, 3.8) is 0 Å². The van der Waals surface area contributed by atoms with E-state index in [0.29, 0.717) is 39.5 Å². The summed E-state index contributed by atoms with van der Waals surface area (Å²) < 4.78 is 21.6. The Balaban J connectivity index is 4.10. The van der Waals surface area contributed by atoms with Crippen LogP contribution in [0.1, 0.15) is 27.7 Å². The molecule has 0 fully saturated rings. The van der Waals surface area contributed by atoms with Gasteiger partial charge >= 0.3 is 0 Å². The molecule has 0 saturated carbocycles. The number of hydrogen-bond acceptors (Lipinski definition) is 7. The third kappa shape index (κ3) is 10.6. The van der Waals surface area contributed by atoms with Gasteiger partial charge in [0.2, 0.25) is 0 Å². The molecule has 0 amide bonds. The Hall–Kier alpha value is -0.750. The molecule has 7 nitrogen and oxygen atoms in total. The highest BCUT2D eigenvalue weighted by Crippen LogP contribution is 1.96. The Morgan fingerprint density at radius 1 is 0.762 bits per heavy atom. The number of nitriles is 1. The lowest BCUT2D eigenvalue weighted by Gasteiger charge is -2.22. The third-order valence-corrected chi connectivity index (χ3v) is 2.52. The summed E-state index contributed by atoms with van der Waals surface area (Å²) in [6, 6.07) is 2.14. The van der Waals surface area contributed by atoms with Crippen LogP contribution in [-0.4, -0.2) is 58.3 Å². The predicted molar refractivity (Wildman–Crippen MR) is 79.5 cm³/mol. The molecule has 0 saturated heterocycles. The monoisotopic (exact) mass is 303 g/mol. The highest BCUT2D eigenvalue weighted by molar-refractivity contribution is 4.87. The minimum Gasteiger partial charge on any atom is -0.352 e. The van der Waals surface area contributed by atoms with Gasteiger partial charge in [0.25, 0.3) is 0 Å². The molecule has 0 aliphatic rings. The first-order valence-electron chi connectivity index (χ1n) is 7.54. The van der Waals surface area contributed by atoms with Crippen molar-refractivity contribution in [3.8, 4) is 6.07 Å². The average Bonchev–Trinajstić information content (AvgIpc) is 2.48. The van der Waals surface area contributed by atoms with Crippen LogP contribution in [0.2, 0.25) is 0 Å². The summed E-state index contributed by atoms with van der Waals surface area (Å²) in [4.78, 5) is 0. The van der Waals surface area contributed by atoms with Gasteiger partial charge in [-0.05, 0) is 27.7 Å². The van der Waals surface area contributed by atoms with E-state index in [2.05, 4.69) is 16.7 Å². The van der Waals surface area contributed by atoms with Crippen LogP contribution >= 0.6 is 0 Å². The van der Waals surface area contributed by atoms with Gasteiger partial charge in [0.05, 0.1) is 6.07 Å². The summed E-state index contributed by atoms with van der Waals surface area (Å²) in [6.45, 7) is 10.7. The average molecular weight is 303 g/mol. The largest absolute Gasteiger partial charge is 0.352 e. The topological polar surface area (TPSA) is 84.8 Å². The molecule has 21 heavy (non-hydrogen) atoms. The van der Waals surface area contributed by atoms with E-state index in [1.807, 2.05) is 27.7 Å². The standard InChI is InChI=1S/C14H29N3O4/c1-5-18-13(19-6-2)10-16-12(9-15)17-11-14(20-7-3)21-8-4/h12-14,16-17H,5-8,10-11H2,1-4H3. The minimum atomic E-state index is -0.517. The first kappa shape index (κ1) is 20.2. The van der Waals surface area contributed by atoms with Gasteiger partial charge in [-0.15, -0.1) is 0 Å². The Bertz CT molecular complexity index is 241. The summed E-state index contributed by atoms with van der Waals surface area (Å²) in [6.07, 6.45) is -1.23. The fourth-order valence-electron chi connectivity index (χ4n) is 1.67. The van der Waals surface area contributed by atoms with Crippen molar-refractivity contribution < 1.29 is 18.9 Å². The van der Waals surface area contributed by atoms with Crippen LogP contribution < -0.4 is 10.6 Å². The maximum atomic E-state index is 9.13. The van der Waals surface area contributed by atoms with Crippen molar-refractivity contribution in [1.29, 1.82) is 5.26 Å².